The molecule has 4 heterocycles. The van der Waals surface area contributed by atoms with Crippen molar-refractivity contribution in [3.05, 3.63) is 80.2 Å². The normalized spacial score (nSPS) is 10.0. The molecule has 256 valence electrons. The van der Waals surface area contributed by atoms with Gasteiger partial charge in [-0.15, -0.1) is 0 Å². The van der Waals surface area contributed by atoms with Crippen molar-refractivity contribution >= 4 is 0 Å². The van der Waals surface area contributed by atoms with Crippen LogP contribution in [0.5, 0.6) is 0 Å². The Morgan fingerprint density at radius 2 is 0.841 bits per heavy atom. The lowest BCUT2D eigenvalue weighted by Gasteiger charge is -2.12. The highest BCUT2D eigenvalue weighted by Gasteiger charge is 2.03. The van der Waals surface area contributed by atoms with Crippen LogP contribution in [0.3, 0.4) is 0 Å². The summed E-state index contributed by atoms with van der Waals surface area (Å²) in [5.74, 6) is 0.833. The van der Waals surface area contributed by atoms with Gasteiger partial charge in [-0.05, 0) is 46.4 Å². The van der Waals surface area contributed by atoms with E-state index in [1.807, 2.05) is 92.6 Å². The molecule has 0 amide bonds. The molecular weight excluding hydrogens is 542 g/mol. The summed E-state index contributed by atoms with van der Waals surface area (Å²) in [6.45, 7) is 32.9. The standard InChI is InChI=1S/C6H14.C5H7N.2C5H12.3C4H6N2.C4H10/c1-5-6(2,3)4;1-6-4-2-3-5-6;2*1-5(2,3)4;1-6-3-2-5-4-6;2*1-6-4-2-3-5-6;1-4(2)3/h5H2,1-4H3;2-5H,1H3;2*1-4H3;3*2-4H,1H3;4H,1-3H3. The highest BCUT2D eigenvalue weighted by molar-refractivity contribution is 4.88. The third kappa shape index (κ3) is 71.8. The molecule has 0 fully saturated rings. The average Bonchev–Trinajstić information content (AvgIpc) is 3.64. The number of aryl methyl sites for hydroxylation is 4. The maximum Gasteiger partial charge on any atom is 0.0943 e. The zero-order valence-electron chi connectivity index (χ0n) is 32.4. The maximum absolute atomic E-state index is 3.83. The van der Waals surface area contributed by atoms with Gasteiger partial charge in [0.25, 0.3) is 0 Å². The van der Waals surface area contributed by atoms with Gasteiger partial charge < -0.3 is 9.13 Å². The van der Waals surface area contributed by atoms with Crippen LogP contribution in [0.4, 0.5) is 0 Å². The Morgan fingerprint density at radius 3 is 0.909 bits per heavy atom. The Morgan fingerprint density at radius 1 is 0.523 bits per heavy atom. The second-order valence-corrected chi connectivity index (χ2v) is 15.6. The van der Waals surface area contributed by atoms with Crippen molar-refractivity contribution < 1.29 is 0 Å². The second-order valence-electron chi connectivity index (χ2n) is 15.6. The van der Waals surface area contributed by atoms with E-state index in [1.54, 1.807) is 34.3 Å². The number of rotatable bonds is 0. The van der Waals surface area contributed by atoms with Crippen LogP contribution in [0.15, 0.2) is 80.2 Å². The van der Waals surface area contributed by atoms with E-state index in [9.17, 15) is 0 Å². The first kappa shape index (κ1) is 47.8. The van der Waals surface area contributed by atoms with E-state index in [0.717, 1.165) is 5.92 Å². The molecule has 0 aliphatic heterocycles. The van der Waals surface area contributed by atoms with E-state index >= 15 is 0 Å². The molecule has 0 spiro atoms. The molecule has 4 rings (SSSR count). The molecule has 0 radical (unpaired) electrons. The Balaban J connectivity index is -0.000000209. The summed E-state index contributed by atoms with van der Waals surface area (Å²) in [4.78, 5) is 3.78. The highest BCUT2D eigenvalue weighted by Crippen LogP contribution is 2.16. The third-order valence-corrected chi connectivity index (χ3v) is 3.72. The van der Waals surface area contributed by atoms with E-state index in [4.69, 9.17) is 0 Å². The first-order valence-corrected chi connectivity index (χ1v) is 15.7. The van der Waals surface area contributed by atoms with Gasteiger partial charge in [-0.3, -0.25) is 9.36 Å². The van der Waals surface area contributed by atoms with Crippen LogP contribution in [0.2, 0.25) is 0 Å². The molecule has 0 aromatic carbocycles. The molecule has 0 aliphatic rings. The lowest BCUT2D eigenvalue weighted by Crippen LogP contribution is -2.00. The smallest absolute Gasteiger partial charge is 0.0943 e. The summed E-state index contributed by atoms with van der Waals surface area (Å²) in [5, 5.41) is 7.67. The third-order valence-electron chi connectivity index (χ3n) is 3.72. The zero-order chi connectivity index (χ0) is 35.4. The highest BCUT2D eigenvalue weighted by atomic mass is 15.2. The van der Waals surface area contributed by atoms with Crippen LogP contribution in [0.25, 0.3) is 0 Å². The predicted molar refractivity (Wildman–Crippen MR) is 196 cm³/mol. The second kappa shape index (κ2) is 27.5. The van der Waals surface area contributed by atoms with E-state index in [1.165, 1.54) is 6.42 Å². The van der Waals surface area contributed by atoms with Crippen molar-refractivity contribution in [3.63, 3.8) is 0 Å². The van der Waals surface area contributed by atoms with Gasteiger partial charge in [-0.25, -0.2) is 4.98 Å². The summed E-state index contributed by atoms with van der Waals surface area (Å²) in [7, 11) is 7.72. The van der Waals surface area contributed by atoms with Gasteiger partial charge in [0, 0.05) is 77.8 Å². The lowest BCUT2D eigenvalue weighted by molar-refractivity contribution is 0.398. The van der Waals surface area contributed by atoms with Crippen LogP contribution < -0.4 is 0 Å². The monoisotopic (exact) mass is 616 g/mol. The minimum absolute atomic E-state index is 0.500. The van der Waals surface area contributed by atoms with Crippen LogP contribution in [0.1, 0.15) is 110 Å². The molecule has 4 aromatic rings. The summed E-state index contributed by atoms with van der Waals surface area (Å²) in [5.41, 5.74) is 1.54. The first-order chi connectivity index (χ1) is 19.9. The van der Waals surface area contributed by atoms with Crippen molar-refractivity contribution in [2.45, 2.75) is 110 Å². The van der Waals surface area contributed by atoms with Gasteiger partial charge in [0.1, 0.15) is 0 Å². The van der Waals surface area contributed by atoms with Crippen LogP contribution in [0, 0.1) is 22.2 Å². The Kier molecular flexibility index (Phi) is 29.8. The minimum atomic E-state index is 0.500. The summed E-state index contributed by atoms with van der Waals surface area (Å²) < 4.78 is 7.39. The molecule has 7 nitrogen and oxygen atoms in total. The molecule has 0 aliphatic carbocycles. The van der Waals surface area contributed by atoms with E-state index in [2.05, 4.69) is 119 Å². The van der Waals surface area contributed by atoms with Gasteiger partial charge in [0.15, 0.2) is 0 Å². The number of hydrogen-bond donors (Lipinski definition) is 0. The van der Waals surface area contributed by atoms with Gasteiger partial charge in [-0.2, -0.15) is 10.2 Å². The number of imidazole rings is 1. The fraction of sp³-hybridized carbons (Fsp3) is 0.649. The topological polar surface area (TPSA) is 58.4 Å². The van der Waals surface area contributed by atoms with Gasteiger partial charge in [0.2, 0.25) is 0 Å². The van der Waals surface area contributed by atoms with Crippen molar-refractivity contribution in [3.8, 4) is 0 Å². The van der Waals surface area contributed by atoms with Gasteiger partial charge in [-0.1, -0.05) is 110 Å². The van der Waals surface area contributed by atoms with Crippen LogP contribution in [-0.2, 0) is 28.2 Å². The van der Waals surface area contributed by atoms with E-state index < -0.39 is 0 Å². The quantitative estimate of drug-likeness (QED) is 0.198. The fourth-order valence-corrected chi connectivity index (χ4v) is 1.44. The molecule has 0 saturated heterocycles. The summed E-state index contributed by atoms with van der Waals surface area (Å²) in [6, 6.07) is 7.78. The van der Waals surface area contributed by atoms with Crippen LogP contribution in [-0.4, -0.2) is 33.7 Å². The molecule has 0 saturated carbocycles. The molecule has 44 heavy (non-hydrogen) atoms. The van der Waals surface area contributed by atoms with Crippen molar-refractivity contribution in [2.75, 3.05) is 0 Å². The molecule has 0 unspecified atom stereocenters. The molecule has 4 aromatic heterocycles. The Bertz CT molecular complexity index is 852. The Labute approximate surface area is 274 Å². The molecule has 0 N–H and O–H groups in total. The summed E-state index contributed by atoms with van der Waals surface area (Å²) in [6.07, 6.45) is 17.9. The summed E-state index contributed by atoms with van der Waals surface area (Å²) >= 11 is 0. The number of aromatic nitrogens is 7. The molecule has 7 heteroatoms. The number of hydrogen-bond acceptors (Lipinski definition) is 3. The van der Waals surface area contributed by atoms with Gasteiger partial charge in [0.05, 0.1) is 6.33 Å². The minimum Gasteiger partial charge on any atom is -0.357 e. The number of nitrogens with zero attached hydrogens (tertiary/aromatic N) is 7. The van der Waals surface area contributed by atoms with Gasteiger partial charge >= 0.3 is 0 Å². The molecular formula is C37H73N7. The average molecular weight is 616 g/mol. The maximum atomic E-state index is 3.83. The van der Waals surface area contributed by atoms with Crippen molar-refractivity contribution in [1.29, 1.82) is 0 Å². The lowest BCUT2D eigenvalue weighted by atomic mass is 9.94. The molecule has 0 bridgehead atoms. The van der Waals surface area contributed by atoms with Crippen molar-refractivity contribution in [1.82, 2.24) is 33.7 Å². The van der Waals surface area contributed by atoms with Crippen LogP contribution >= 0.6 is 0 Å². The Hall–Kier alpha value is -3.09. The SMILES string of the molecule is CC(C)(C)C.CC(C)(C)C.CC(C)C.CCC(C)(C)C.Cn1cccc1.Cn1cccn1.Cn1cccn1.Cn1ccnc1. The molecule has 0 atom stereocenters. The van der Waals surface area contributed by atoms with E-state index in [0.29, 0.717) is 16.2 Å². The zero-order valence-corrected chi connectivity index (χ0v) is 32.4. The van der Waals surface area contributed by atoms with E-state index in [-0.39, 0.29) is 0 Å². The predicted octanol–water partition coefficient (Wildman–Crippen LogP) is 10.5. The van der Waals surface area contributed by atoms with Crippen molar-refractivity contribution in [2.24, 2.45) is 50.4 Å². The largest absolute Gasteiger partial charge is 0.357 e. The first-order valence-electron chi connectivity index (χ1n) is 15.7. The fourth-order valence-electron chi connectivity index (χ4n) is 1.44.